The van der Waals surface area contributed by atoms with E-state index in [2.05, 4.69) is 27.5 Å². The maximum Gasteiger partial charge on any atom is 0.247 e. The SMILES string of the molecule is C=CC(=O)Nc1ccc(CC(=O)Nc2ccc3c(c2)nnn3C)cc1. The van der Waals surface area contributed by atoms with Gasteiger partial charge in [-0.15, -0.1) is 5.10 Å². The molecule has 0 spiro atoms. The van der Waals surface area contributed by atoms with Crippen LogP contribution in [0.1, 0.15) is 5.56 Å². The Morgan fingerprint density at radius 1 is 1.12 bits per heavy atom. The summed E-state index contributed by atoms with van der Waals surface area (Å²) in [6, 6.07) is 12.5. The predicted molar refractivity (Wildman–Crippen MR) is 96.1 cm³/mol. The number of hydrogen-bond donors (Lipinski definition) is 2. The van der Waals surface area contributed by atoms with E-state index >= 15 is 0 Å². The number of aromatic nitrogens is 3. The number of rotatable bonds is 5. The Bertz CT molecular complexity index is 944. The highest BCUT2D eigenvalue weighted by Crippen LogP contribution is 2.17. The normalized spacial score (nSPS) is 10.4. The first kappa shape index (κ1) is 16.4. The molecule has 0 fully saturated rings. The lowest BCUT2D eigenvalue weighted by Gasteiger charge is -2.07. The standard InChI is InChI=1S/C18H17N5O2/c1-3-17(24)19-13-6-4-12(5-7-13)10-18(25)20-14-8-9-16-15(11-14)21-22-23(16)2/h3-9,11H,1,10H2,2H3,(H,19,24)(H,20,25). The summed E-state index contributed by atoms with van der Waals surface area (Å²) in [5, 5.41) is 13.5. The molecule has 126 valence electrons. The Labute approximate surface area is 144 Å². The van der Waals surface area contributed by atoms with Crippen LogP contribution < -0.4 is 10.6 Å². The highest BCUT2D eigenvalue weighted by molar-refractivity contribution is 5.99. The summed E-state index contributed by atoms with van der Waals surface area (Å²) in [6.45, 7) is 3.40. The Morgan fingerprint density at radius 3 is 2.56 bits per heavy atom. The molecule has 0 aliphatic rings. The minimum Gasteiger partial charge on any atom is -0.326 e. The van der Waals surface area contributed by atoms with Crippen LogP contribution in [0.15, 0.2) is 55.1 Å². The molecule has 2 N–H and O–H groups in total. The van der Waals surface area contributed by atoms with Crippen molar-refractivity contribution in [2.75, 3.05) is 10.6 Å². The topological polar surface area (TPSA) is 88.9 Å². The van der Waals surface area contributed by atoms with Crippen LogP contribution in [0.25, 0.3) is 11.0 Å². The molecule has 0 radical (unpaired) electrons. The molecule has 0 saturated carbocycles. The summed E-state index contributed by atoms with van der Waals surface area (Å²) in [4.78, 5) is 23.4. The number of anilines is 2. The molecule has 2 amide bonds. The molecule has 0 atom stereocenters. The van der Waals surface area contributed by atoms with Crippen LogP contribution in [0, 0.1) is 0 Å². The van der Waals surface area contributed by atoms with Crippen molar-refractivity contribution in [3.05, 3.63) is 60.7 Å². The summed E-state index contributed by atoms with van der Waals surface area (Å²) < 4.78 is 1.67. The molecule has 0 saturated heterocycles. The van der Waals surface area contributed by atoms with Crippen molar-refractivity contribution in [2.45, 2.75) is 6.42 Å². The van der Waals surface area contributed by atoms with Gasteiger partial charge in [0.2, 0.25) is 11.8 Å². The third-order valence-corrected chi connectivity index (χ3v) is 3.67. The number of nitrogens with one attached hydrogen (secondary N) is 2. The minimum absolute atomic E-state index is 0.133. The number of aryl methyl sites for hydroxylation is 1. The van der Waals surface area contributed by atoms with Crippen molar-refractivity contribution < 1.29 is 9.59 Å². The van der Waals surface area contributed by atoms with E-state index in [1.54, 1.807) is 35.0 Å². The average molecular weight is 335 g/mol. The average Bonchev–Trinajstić information content (AvgIpc) is 2.97. The summed E-state index contributed by atoms with van der Waals surface area (Å²) in [5.74, 6) is -0.406. The van der Waals surface area contributed by atoms with Gasteiger partial charge in [0, 0.05) is 18.4 Å². The van der Waals surface area contributed by atoms with E-state index in [1.165, 1.54) is 6.08 Å². The molecule has 3 rings (SSSR count). The van der Waals surface area contributed by atoms with E-state index in [0.29, 0.717) is 11.4 Å². The van der Waals surface area contributed by atoms with Crippen molar-refractivity contribution in [1.29, 1.82) is 0 Å². The van der Waals surface area contributed by atoms with Gasteiger partial charge in [0.25, 0.3) is 0 Å². The number of carbonyl (C=O) groups excluding carboxylic acids is 2. The van der Waals surface area contributed by atoms with Gasteiger partial charge in [-0.2, -0.15) is 0 Å². The summed E-state index contributed by atoms with van der Waals surface area (Å²) in [5.41, 5.74) is 3.79. The summed E-state index contributed by atoms with van der Waals surface area (Å²) in [7, 11) is 1.81. The fourth-order valence-corrected chi connectivity index (χ4v) is 2.41. The van der Waals surface area contributed by atoms with Gasteiger partial charge in [-0.3, -0.25) is 9.59 Å². The number of benzene rings is 2. The second-order valence-electron chi connectivity index (χ2n) is 5.53. The maximum absolute atomic E-state index is 12.2. The monoisotopic (exact) mass is 335 g/mol. The Hall–Kier alpha value is -3.48. The Balaban J connectivity index is 1.63. The van der Waals surface area contributed by atoms with Crippen LogP contribution in [0.5, 0.6) is 0 Å². The number of carbonyl (C=O) groups is 2. The van der Waals surface area contributed by atoms with Gasteiger partial charge in [0.15, 0.2) is 0 Å². The second-order valence-corrected chi connectivity index (χ2v) is 5.53. The van der Waals surface area contributed by atoms with E-state index in [0.717, 1.165) is 16.6 Å². The maximum atomic E-state index is 12.2. The van der Waals surface area contributed by atoms with Crippen LogP contribution in [-0.4, -0.2) is 26.8 Å². The second kappa shape index (κ2) is 6.96. The van der Waals surface area contributed by atoms with Gasteiger partial charge < -0.3 is 10.6 Å². The lowest BCUT2D eigenvalue weighted by atomic mass is 10.1. The molecule has 0 bridgehead atoms. The minimum atomic E-state index is -0.273. The summed E-state index contributed by atoms with van der Waals surface area (Å²) in [6.07, 6.45) is 1.43. The molecule has 7 heteroatoms. The fraction of sp³-hybridized carbons (Fsp3) is 0.111. The first-order valence-corrected chi connectivity index (χ1v) is 7.67. The molecule has 1 heterocycles. The third kappa shape index (κ3) is 3.89. The van der Waals surface area contributed by atoms with Crippen LogP contribution in [-0.2, 0) is 23.1 Å². The van der Waals surface area contributed by atoms with Gasteiger partial charge >= 0.3 is 0 Å². The van der Waals surface area contributed by atoms with Gasteiger partial charge in [-0.1, -0.05) is 23.9 Å². The first-order valence-electron chi connectivity index (χ1n) is 7.67. The van der Waals surface area contributed by atoms with E-state index < -0.39 is 0 Å². The van der Waals surface area contributed by atoms with Gasteiger partial charge in [0.05, 0.1) is 11.9 Å². The molecular formula is C18H17N5O2. The Morgan fingerprint density at radius 2 is 1.84 bits per heavy atom. The number of hydrogen-bond acceptors (Lipinski definition) is 4. The largest absolute Gasteiger partial charge is 0.326 e. The third-order valence-electron chi connectivity index (χ3n) is 3.67. The molecule has 2 aromatic carbocycles. The van der Waals surface area contributed by atoms with Crippen molar-refractivity contribution in [3.63, 3.8) is 0 Å². The van der Waals surface area contributed by atoms with E-state index in [-0.39, 0.29) is 18.2 Å². The summed E-state index contributed by atoms with van der Waals surface area (Å²) >= 11 is 0. The van der Waals surface area contributed by atoms with Gasteiger partial charge in [-0.05, 0) is 42.0 Å². The van der Waals surface area contributed by atoms with Gasteiger partial charge in [-0.25, -0.2) is 4.68 Å². The lowest BCUT2D eigenvalue weighted by molar-refractivity contribution is -0.115. The Kier molecular flexibility index (Phi) is 4.56. The van der Waals surface area contributed by atoms with E-state index in [1.807, 2.05) is 19.2 Å². The van der Waals surface area contributed by atoms with Crippen LogP contribution in [0.4, 0.5) is 11.4 Å². The van der Waals surface area contributed by atoms with Crippen molar-refractivity contribution >= 4 is 34.2 Å². The predicted octanol–water partition coefficient (Wildman–Crippen LogP) is 2.27. The molecule has 25 heavy (non-hydrogen) atoms. The first-order chi connectivity index (χ1) is 12.0. The zero-order chi connectivity index (χ0) is 17.8. The number of nitrogens with zero attached hydrogens (tertiary/aromatic N) is 3. The highest BCUT2D eigenvalue weighted by atomic mass is 16.2. The van der Waals surface area contributed by atoms with Crippen LogP contribution in [0.2, 0.25) is 0 Å². The van der Waals surface area contributed by atoms with Gasteiger partial charge in [0.1, 0.15) is 5.52 Å². The molecule has 7 nitrogen and oxygen atoms in total. The smallest absolute Gasteiger partial charge is 0.247 e. The number of amides is 2. The van der Waals surface area contributed by atoms with Crippen LogP contribution >= 0.6 is 0 Å². The molecule has 0 aliphatic heterocycles. The molecule has 3 aromatic rings. The zero-order valence-corrected chi connectivity index (χ0v) is 13.7. The lowest BCUT2D eigenvalue weighted by Crippen LogP contribution is -2.14. The molecule has 1 aromatic heterocycles. The van der Waals surface area contributed by atoms with E-state index in [4.69, 9.17) is 0 Å². The quantitative estimate of drug-likeness (QED) is 0.700. The molecule has 0 unspecified atom stereocenters. The molecule has 0 aliphatic carbocycles. The number of fused-ring (bicyclic) bond motifs is 1. The van der Waals surface area contributed by atoms with Crippen molar-refractivity contribution in [3.8, 4) is 0 Å². The zero-order valence-electron chi connectivity index (χ0n) is 13.7. The fourth-order valence-electron chi connectivity index (χ4n) is 2.41. The van der Waals surface area contributed by atoms with E-state index in [9.17, 15) is 9.59 Å². The highest BCUT2D eigenvalue weighted by Gasteiger charge is 2.07. The van der Waals surface area contributed by atoms with Crippen molar-refractivity contribution in [2.24, 2.45) is 7.05 Å². The van der Waals surface area contributed by atoms with Crippen LogP contribution in [0.3, 0.4) is 0 Å². The molecular weight excluding hydrogens is 318 g/mol. The van der Waals surface area contributed by atoms with Crippen molar-refractivity contribution in [1.82, 2.24) is 15.0 Å².